The number of aryl methyl sites for hydroxylation is 1. The maximum absolute atomic E-state index is 9.41. The zero-order valence-corrected chi connectivity index (χ0v) is 12.7. The summed E-state index contributed by atoms with van der Waals surface area (Å²) in [5, 5.41) is 10.3. The number of hydrogen-bond acceptors (Lipinski definition) is 3. The van der Waals surface area contributed by atoms with Gasteiger partial charge in [-0.05, 0) is 44.1 Å². The van der Waals surface area contributed by atoms with Crippen molar-refractivity contribution >= 4 is 22.7 Å². The standard InChI is InChI=1S/C16H21N3S/c17-11-14-13-7-3-4-8-15(13)20-16(14)18-12-19-9-5-1-2-6-10-19/h12H,1-10H2. The van der Waals surface area contributed by atoms with Gasteiger partial charge in [-0.3, -0.25) is 0 Å². The van der Waals surface area contributed by atoms with Gasteiger partial charge in [0.05, 0.1) is 11.9 Å². The molecule has 2 aliphatic rings. The lowest BCUT2D eigenvalue weighted by atomic mass is 9.96. The lowest BCUT2D eigenvalue weighted by molar-refractivity contribution is 0.448. The Morgan fingerprint density at radius 2 is 1.80 bits per heavy atom. The molecule has 0 bridgehead atoms. The minimum absolute atomic E-state index is 0.843. The van der Waals surface area contributed by atoms with Crippen molar-refractivity contribution in [3.05, 3.63) is 16.0 Å². The summed E-state index contributed by atoms with van der Waals surface area (Å²) in [7, 11) is 0. The molecule has 20 heavy (non-hydrogen) atoms. The molecule has 0 amide bonds. The first-order chi connectivity index (χ1) is 9.88. The highest BCUT2D eigenvalue weighted by molar-refractivity contribution is 7.16. The van der Waals surface area contributed by atoms with E-state index in [1.165, 1.54) is 49.0 Å². The Morgan fingerprint density at radius 3 is 2.55 bits per heavy atom. The molecule has 4 heteroatoms. The molecule has 0 atom stereocenters. The number of rotatable bonds is 2. The predicted molar refractivity (Wildman–Crippen MR) is 83.9 cm³/mol. The van der Waals surface area contributed by atoms with Crippen LogP contribution in [0.5, 0.6) is 0 Å². The van der Waals surface area contributed by atoms with E-state index >= 15 is 0 Å². The number of fused-ring (bicyclic) bond motifs is 1. The SMILES string of the molecule is N#Cc1c(N=CN2CCCCCC2)sc2c1CCCC2. The van der Waals surface area contributed by atoms with Gasteiger partial charge in [-0.2, -0.15) is 5.26 Å². The molecular weight excluding hydrogens is 266 g/mol. The smallest absolute Gasteiger partial charge is 0.136 e. The van der Waals surface area contributed by atoms with Crippen molar-refractivity contribution in [2.45, 2.75) is 51.4 Å². The van der Waals surface area contributed by atoms with Gasteiger partial charge < -0.3 is 4.90 Å². The Labute approximate surface area is 124 Å². The van der Waals surface area contributed by atoms with E-state index in [1.807, 2.05) is 6.34 Å². The molecule has 0 unspecified atom stereocenters. The summed E-state index contributed by atoms with van der Waals surface area (Å²) < 4.78 is 0. The summed E-state index contributed by atoms with van der Waals surface area (Å²) in [6.07, 6.45) is 11.8. The Bertz CT molecular complexity index is 531. The zero-order chi connectivity index (χ0) is 13.8. The molecular formula is C16H21N3S. The first-order valence-electron chi connectivity index (χ1n) is 7.71. The van der Waals surface area contributed by atoms with Crippen LogP contribution in [0.1, 0.15) is 54.5 Å². The minimum atomic E-state index is 0.843. The van der Waals surface area contributed by atoms with Gasteiger partial charge in [0, 0.05) is 18.0 Å². The number of hydrogen-bond donors (Lipinski definition) is 0. The van der Waals surface area contributed by atoms with E-state index in [9.17, 15) is 5.26 Å². The van der Waals surface area contributed by atoms with Crippen LogP contribution < -0.4 is 0 Å². The molecule has 0 spiro atoms. The molecule has 0 aromatic carbocycles. The van der Waals surface area contributed by atoms with Gasteiger partial charge in [0.15, 0.2) is 0 Å². The summed E-state index contributed by atoms with van der Waals surface area (Å²) in [5.41, 5.74) is 2.13. The first-order valence-corrected chi connectivity index (χ1v) is 8.53. The number of nitriles is 1. The van der Waals surface area contributed by atoms with E-state index in [0.29, 0.717) is 0 Å². The van der Waals surface area contributed by atoms with E-state index < -0.39 is 0 Å². The van der Waals surface area contributed by atoms with Crippen LogP contribution in [0.4, 0.5) is 5.00 Å². The number of thiophene rings is 1. The molecule has 0 saturated carbocycles. The summed E-state index contributed by atoms with van der Waals surface area (Å²) in [4.78, 5) is 8.36. The molecule has 0 N–H and O–H groups in total. The van der Waals surface area contributed by atoms with E-state index in [-0.39, 0.29) is 0 Å². The molecule has 1 saturated heterocycles. The van der Waals surface area contributed by atoms with Crippen LogP contribution in [0, 0.1) is 11.3 Å². The molecule has 1 aromatic rings. The second-order valence-electron chi connectivity index (χ2n) is 5.70. The van der Waals surface area contributed by atoms with Crippen LogP contribution in [0.2, 0.25) is 0 Å². The molecule has 1 aromatic heterocycles. The van der Waals surface area contributed by atoms with Gasteiger partial charge in [0.25, 0.3) is 0 Å². The van der Waals surface area contributed by atoms with Gasteiger partial charge in [0.1, 0.15) is 11.1 Å². The molecule has 106 valence electrons. The summed E-state index contributed by atoms with van der Waals surface area (Å²) in [5.74, 6) is 0. The van der Waals surface area contributed by atoms with E-state index in [4.69, 9.17) is 0 Å². The molecule has 1 aliphatic carbocycles. The minimum Gasteiger partial charge on any atom is -0.363 e. The third kappa shape index (κ3) is 2.88. The van der Waals surface area contributed by atoms with Crippen LogP contribution in [0.3, 0.4) is 0 Å². The van der Waals surface area contributed by atoms with Crippen molar-refractivity contribution in [1.82, 2.24) is 4.90 Å². The largest absolute Gasteiger partial charge is 0.363 e. The van der Waals surface area contributed by atoms with Gasteiger partial charge >= 0.3 is 0 Å². The fraction of sp³-hybridized carbons (Fsp3) is 0.625. The average molecular weight is 287 g/mol. The lowest BCUT2D eigenvalue weighted by Crippen LogP contribution is -2.22. The molecule has 1 fully saturated rings. The Balaban J connectivity index is 1.79. The fourth-order valence-corrected chi connectivity index (χ4v) is 4.28. The van der Waals surface area contributed by atoms with Crippen molar-refractivity contribution in [2.75, 3.05) is 13.1 Å². The highest BCUT2D eigenvalue weighted by Crippen LogP contribution is 2.39. The second-order valence-corrected chi connectivity index (χ2v) is 6.78. The van der Waals surface area contributed by atoms with Crippen LogP contribution >= 0.6 is 11.3 Å². The zero-order valence-electron chi connectivity index (χ0n) is 11.9. The van der Waals surface area contributed by atoms with Gasteiger partial charge in [0.2, 0.25) is 0 Å². The van der Waals surface area contributed by atoms with Crippen LogP contribution in [0.15, 0.2) is 4.99 Å². The van der Waals surface area contributed by atoms with E-state index in [0.717, 1.165) is 36.5 Å². The summed E-state index contributed by atoms with van der Waals surface area (Å²) >= 11 is 1.73. The fourth-order valence-electron chi connectivity index (χ4n) is 3.10. The third-order valence-electron chi connectivity index (χ3n) is 4.24. The van der Waals surface area contributed by atoms with Gasteiger partial charge in [-0.15, -0.1) is 11.3 Å². The van der Waals surface area contributed by atoms with Crippen molar-refractivity contribution in [3.8, 4) is 6.07 Å². The monoisotopic (exact) mass is 287 g/mol. The first kappa shape index (κ1) is 13.6. The third-order valence-corrected chi connectivity index (χ3v) is 5.44. The highest BCUT2D eigenvalue weighted by Gasteiger charge is 2.20. The summed E-state index contributed by atoms with van der Waals surface area (Å²) in [6.45, 7) is 2.22. The molecule has 3 nitrogen and oxygen atoms in total. The average Bonchev–Trinajstić information content (AvgIpc) is 2.64. The topological polar surface area (TPSA) is 39.4 Å². The van der Waals surface area contributed by atoms with Gasteiger partial charge in [-0.1, -0.05) is 12.8 Å². The molecule has 2 heterocycles. The number of nitrogens with zero attached hydrogens (tertiary/aromatic N) is 3. The van der Waals surface area contributed by atoms with Crippen molar-refractivity contribution < 1.29 is 0 Å². The van der Waals surface area contributed by atoms with Crippen LogP contribution in [0.25, 0.3) is 0 Å². The second kappa shape index (κ2) is 6.41. The highest BCUT2D eigenvalue weighted by atomic mass is 32.1. The maximum atomic E-state index is 9.41. The lowest BCUT2D eigenvalue weighted by Gasteiger charge is -2.15. The maximum Gasteiger partial charge on any atom is 0.136 e. The molecule has 1 aliphatic heterocycles. The van der Waals surface area contributed by atoms with E-state index in [2.05, 4.69) is 16.0 Å². The Hall–Kier alpha value is -1.34. The quantitative estimate of drug-likeness (QED) is 0.608. The Kier molecular flexibility index (Phi) is 4.37. The summed E-state index contributed by atoms with van der Waals surface area (Å²) in [6, 6.07) is 2.38. The normalized spacial score (nSPS) is 19.6. The van der Waals surface area contributed by atoms with Crippen molar-refractivity contribution in [3.63, 3.8) is 0 Å². The van der Waals surface area contributed by atoms with Crippen molar-refractivity contribution in [2.24, 2.45) is 4.99 Å². The molecule has 0 radical (unpaired) electrons. The van der Waals surface area contributed by atoms with Crippen LogP contribution in [-0.2, 0) is 12.8 Å². The Morgan fingerprint density at radius 1 is 1.05 bits per heavy atom. The predicted octanol–water partition coefficient (Wildman–Crippen LogP) is 4.03. The molecule has 3 rings (SSSR count). The van der Waals surface area contributed by atoms with Crippen molar-refractivity contribution in [1.29, 1.82) is 5.26 Å². The van der Waals surface area contributed by atoms with Gasteiger partial charge in [-0.25, -0.2) is 4.99 Å². The van der Waals surface area contributed by atoms with E-state index in [1.54, 1.807) is 11.3 Å². The number of aliphatic imine (C=N–C) groups is 1. The van der Waals surface area contributed by atoms with Crippen LogP contribution in [-0.4, -0.2) is 24.3 Å². The number of likely N-dealkylation sites (tertiary alicyclic amines) is 1.